The molecule has 2 aromatic carbocycles. The second-order valence-electron chi connectivity index (χ2n) is 5.93. The summed E-state index contributed by atoms with van der Waals surface area (Å²) in [6, 6.07) is 12.0. The van der Waals surface area contributed by atoms with E-state index < -0.39 is 0 Å². The van der Waals surface area contributed by atoms with Crippen LogP contribution in [0.1, 0.15) is 26.3 Å². The Hall–Kier alpha value is -0.436. The molecule has 0 aromatic heterocycles. The van der Waals surface area contributed by atoms with Gasteiger partial charge in [0.1, 0.15) is 11.6 Å². The number of nitrogens with zero attached hydrogens (tertiary/aromatic N) is 1. The molecule has 1 N–H and O–H groups in total. The van der Waals surface area contributed by atoms with Gasteiger partial charge in [0.15, 0.2) is 0 Å². The van der Waals surface area contributed by atoms with Gasteiger partial charge in [-0.1, -0.05) is 59.2 Å². The number of phenolic OH excluding ortho intramolecular Hbond substituents is 1. The summed E-state index contributed by atoms with van der Waals surface area (Å²) in [5.74, 6) is 0.0267. The van der Waals surface area contributed by atoms with Crippen molar-refractivity contribution in [3.05, 3.63) is 59.2 Å². The Labute approximate surface area is 154 Å². The van der Waals surface area contributed by atoms with Crippen LogP contribution in [0.25, 0.3) is 5.32 Å². The first kappa shape index (κ1) is 20.6. The van der Waals surface area contributed by atoms with Crippen molar-refractivity contribution in [3.8, 4) is 5.75 Å². The van der Waals surface area contributed by atoms with Crippen LogP contribution in [-0.4, -0.2) is 10.6 Å². The maximum atomic E-state index is 13.5. The van der Waals surface area contributed by atoms with Gasteiger partial charge >= 0.3 is 28.7 Å². The molecule has 0 aliphatic carbocycles. The van der Waals surface area contributed by atoms with E-state index in [-0.39, 0.29) is 25.7 Å². The molecule has 0 fully saturated rings. The second kappa shape index (κ2) is 9.76. The van der Waals surface area contributed by atoms with Crippen LogP contribution in [0.4, 0.5) is 4.39 Å². The molecule has 0 saturated carbocycles. The van der Waals surface area contributed by atoms with Gasteiger partial charge in [0.25, 0.3) is 0 Å². The third-order valence-electron chi connectivity index (χ3n) is 2.96. The first-order chi connectivity index (χ1) is 10.8. The first-order valence-electron chi connectivity index (χ1n) is 7.06. The molecule has 2 rings (SSSR count). The summed E-state index contributed by atoms with van der Waals surface area (Å²) in [6.45, 7) is 6.56. The van der Waals surface area contributed by atoms with Gasteiger partial charge in [-0.2, -0.15) is 0 Å². The number of rotatable bonds is 4. The number of halogens is 2. The molecule has 0 saturated heterocycles. The average Bonchev–Trinajstić information content (AvgIpc) is 2.51. The van der Waals surface area contributed by atoms with E-state index in [0.717, 1.165) is 16.2 Å². The molecule has 0 aliphatic rings. The number of hydrogen-bond acceptors (Lipinski definition) is 1. The van der Waals surface area contributed by atoms with Gasteiger partial charge in [-0.15, -0.1) is 12.1 Å². The SMILES string of the molecule is CC(C)(C)[N-]Cc1cc(F)ccc1Pc1ccccc1O.[Cl][Ti+]. The summed E-state index contributed by atoms with van der Waals surface area (Å²) in [5.41, 5.74) is 0.730. The van der Waals surface area contributed by atoms with Gasteiger partial charge < -0.3 is 10.4 Å². The Morgan fingerprint density at radius 1 is 1.13 bits per heavy atom. The fourth-order valence-corrected chi connectivity index (χ4v) is 3.02. The normalized spacial score (nSPS) is 11.3. The monoisotopic (exact) mass is 387 g/mol. The van der Waals surface area contributed by atoms with Crippen LogP contribution in [0.15, 0.2) is 42.5 Å². The summed E-state index contributed by atoms with van der Waals surface area (Å²) in [4.78, 5) is 0. The third kappa shape index (κ3) is 7.33. The minimum atomic E-state index is -0.250. The summed E-state index contributed by atoms with van der Waals surface area (Å²) in [7, 11) is 4.93. The van der Waals surface area contributed by atoms with E-state index in [4.69, 9.17) is 0 Å². The number of hydrogen-bond donors (Lipinski definition) is 1. The maximum absolute atomic E-state index is 13.5. The molecule has 122 valence electrons. The average molecular weight is 388 g/mol. The van der Waals surface area contributed by atoms with E-state index in [1.165, 1.54) is 31.5 Å². The van der Waals surface area contributed by atoms with Gasteiger partial charge in [0, 0.05) is 5.30 Å². The van der Waals surface area contributed by atoms with Gasteiger partial charge in [-0.3, -0.25) is 0 Å². The molecule has 1 atom stereocenters. The van der Waals surface area contributed by atoms with E-state index in [1.807, 2.05) is 32.9 Å². The first-order valence-corrected chi connectivity index (χ1v) is 10.2. The van der Waals surface area contributed by atoms with Crippen LogP contribution < -0.4 is 10.6 Å². The number of aromatic hydroxyl groups is 1. The predicted octanol–water partition coefficient (Wildman–Crippen LogP) is 4.52. The fourth-order valence-electron chi connectivity index (χ4n) is 1.86. The van der Waals surface area contributed by atoms with E-state index in [2.05, 4.69) is 14.6 Å². The van der Waals surface area contributed by atoms with E-state index in [9.17, 15) is 9.50 Å². The molecular formula is C17H20ClFNOPTi. The Morgan fingerprint density at radius 3 is 2.39 bits per heavy atom. The van der Waals surface area contributed by atoms with E-state index in [1.54, 1.807) is 18.2 Å². The molecule has 2 nitrogen and oxygen atoms in total. The van der Waals surface area contributed by atoms with Crippen molar-refractivity contribution in [3.63, 3.8) is 0 Å². The molecular weight excluding hydrogens is 367 g/mol. The van der Waals surface area contributed by atoms with Crippen LogP contribution in [0.5, 0.6) is 5.75 Å². The van der Waals surface area contributed by atoms with Gasteiger partial charge in [0.2, 0.25) is 0 Å². The minimum absolute atomic E-state index is 0.151. The second-order valence-corrected chi connectivity index (χ2v) is 7.26. The summed E-state index contributed by atoms with van der Waals surface area (Å²) in [6.07, 6.45) is 0. The Morgan fingerprint density at radius 2 is 1.78 bits per heavy atom. The van der Waals surface area contributed by atoms with Crippen LogP contribution in [0, 0.1) is 5.82 Å². The molecule has 0 amide bonds. The Bertz CT molecular complexity index is 634. The van der Waals surface area contributed by atoms with E-state index in [0.29, 0.717) is 6.54 Å². The Balaban J connectivity index is 0.00000127. The van der Waals surface area contributed by atoms with Crippen molar-refractivity contribution in [2.45, 2.75) is 32.9 Å². The van der Waals surface area contributed by atoms with Crippen molar-refractivity contribution >= 4 is 28.5 Å². The Kier molecular flexibility index (Phi) is 8.75. The standard InChI is InChI=1S/C17H20FNOP.ClH.Ti/c1-17(2,3)19-11-12-10-13(18)8-9-15(12)21-16-7-5-4-6-14(16)20;;/h4-10,20-21H,11H2,1-3H3;1H;/q-1;;+2/p-1. The molecule has 0 bridgehead atoms. The summed E-state index contributed by atoms with van der Waals surface area (Å²) >= 11 is 1.47. The molecule has 23 heavy (non-hydrogen) atoms. The molecule has 0 spiro atoms. The van der Waals surface area contributed by atoms with Crippen molar-refractivity contribution in [2.75, 3.05) is 0 Å². The van der Waals surface area contributed by atoms with Crippen LogP contribution in [0.2, 0.25) is 0 Å². The van der Waals surface area contributed by atoms with Crippen molar-refractivity contribution < 1.29 is 28.9 Å². The quantitative estimate of drug-likeness (QED) is 0.607. The third-order valence-corrected chi connectivity index (χ3v) is 4.41. The predicted molar refractivity (Wildman–Crippen MR) is 94.8 cm³/mol. The van der Waals surface area contributed by atoms with Gasteiger partial charge in [-0.05, 0) is 23.5 Å². The van der Waals surface area contributed by atoms with Crippen LogP contribution >= 0.6 is 17.9 Å². The zero-order valence-electron chi connectivity index (χ0n) is 13.4. The van der Waals surface area contributed by atoms with Crippen molar-refractivity contribution in [1.29, 1.82) is 0 Å². The molecule has 0 aliphatic heterocycles. The van der Waals surface area contributed by atoms with Crippen molar-refractivity contribution in [2.24, 2.45) is 0 Å². The van der Waals surface area contributed by atoms with Gasteiger partial charge in [0.05, 0.1) is 0 Å². The molecule has 6 heteroatoms. The van der Waals surface area contributed by atoms with Crippen LogP contribution in [0.3, 0.4) is 0 Å². The van der Waals surface area contributed by atoms with Crippen molar-refractivity contribution in [1.82, 2.24) is 0 Å². The zero-order chi connectivity index (χ0) is 17.5. The van der Waals surface area contributed by atoms with E-state index >= 15 is 0 Å². The summed E-state index contributed by atoms with van der Waals surface area (Å²) < 4.78 is 13.5. The molecule has 1 unspecified atom stereocenters. The zero-order valence-corrected chi connectivity index (χ0v) is 16.7. The topological polar surface area (TPSA) is 34.3 Å². The number of phenols is 1. The summed E-state index contributed by atoms with van der Waals surface area (Å²) in [5, 5.41) is 16.3. The number of benzene rings is 2. The van der Waals surface area contributed by atoms with Crippen LogP contribution in [-0.2, 0) is 25.9 Å². The van der Waals surface area contributed by atoms with Gasteiger partial charge in [-0.25, -0.2) is 4.39 Å². The molecule has 2 aromatic rings. The molecule has 0 radical (unpaired) electrons. The number of para-hydroxylation sites is 1. The molecule has 0 heterocycles. The fraction of sp³-hybridized carbons (Fsp3) is 0.294.